The standard InChI is InChI=1S/C23H21Cl2NO3S/c24-17-2-5-20(21(25)12-17)22-6-4-19(30-22)13-26-9-7-15-1-3-18(29-14-23(27)28)11-16(15)8-10-26/h1-6,11-12H,7-10,13-14H2,(H,27,28). The normalized spacial score (nSPS) is 14.2. The number of carboxylic acid groups (broad SMARTS) is 1. The van der Waals surface area contributed by atoms with Crippen molar-refractivity contribution in [1.82, 2.24) is 4.90 Å². The highest BCUT2D eigenvalue weighted by Crippen LogP contribution is 2.35. The number of halogens is 2. The minimum absolute atomic E-state index is 0.316. The van der Waals surface area contributed by atoms with Crippen LogP contribution in [0.2, 0.25) is 10.0 Å². The topological polar surface area (TPSA) is 49.8 Å². The zero-order valence-corrected chi connectivity index (χ0v) is 18.6. The van der Waals surface area contributed by atoms with Crippen molar-refractivity contribution in [3.05, 3.63) is 74.6 Å². The van der Waals surface area contributed by atoms with Gasteiger partial charge in [-0.3, -0.25) is 4.90 Å². The van der Waals surface area contributed by atoms with E-state index < -0.39 is 5.97 Å². The maximum atomic E-state index is 10.7. The molecule has 1 aliphatic rings. The maximum absolute atomic E-state index is 10.7. The van der Waals surface area contributed by atoms with Crippen molar-refractivity contribution in [3.8, 4) is 16.2 Å². The second kappa shape index (κ2) is 9.40. The van der Waals surface area contributed by atoms with E-state index in [0.717, 1.165) is 42.9 Å². The summed E-state index contributed by atoms with van der Waals surface area (Å²) in [7, 11) is 0. The van der Waals surface area contributed by atoms with Crippen molar-refractivity contribution in [2.45, 2.75) is 19.4 Å². The highest BCUT2D eigenvalue weighted by Gasteiger charge is 2.16. The molecular formula is C23H21Cl2NO3S. The van der Waals surface area contributed by atoms with Gasteiger partial charge in [-0.1, -0.05) is 35.3 Å². The number of benzene rings is 2. The number of thiophene rings is 1. The molecule has 156 valence electrons. The van der Waals surface area contributed by atoms with Crippen LogP contribution >= 0.6 is 34.5 Å². The highest BCUT2D eigenvalue weighted by molar-refractivity contribution is 7.15. The molecule has 0 bridgehead atoms. The number of fused-ring (bicyclic) bond motifs is 1. The summed E-state index contributed by atoms with van der Waals surface area (Å²) >= 11 is 14.1. The van der Waals surface area contributed by atoms with E-state index in [0.29, 0.717) is 15.8 Å². The molecule has 0 saturated carbocycles. The van der Waals surface area contributed by atoms with E-state index in [1.807, 2.05) is 24.3 Å². The molecule has 0 unspecified atom stereocenters. The number of carboxylic acids is 1. The quantitative estimate of drug-likeness (QED) is 0.504. The third kappa shape index (κ3) is 5.16. The Kier molecular flexibility index (Phi) is 6.64. The first kappa shape index (κ1) is 21.2. The van der Waals surface area contributed by atoms with E-state index in [1.54, 1.807) is 17.4 Å². The number of rotatable bonds is 6. The van der Waals surface area contributed by atoms with Crippen molar-refractivity contribution in [2.75, 3.05) is 19.7 Å². The number of ether oxygens (including phenoxy) is 1. The Bertz CT molecular complexity index is 1070. The molecule has 7 heteroatoms. The van der Waals surface area contributed by atoms with Crippen molar-refractivity contribution in [2.24, 2.45) is 0 Å². The van der Waals surface area contributed by atoms with E-state index in [1.165, 1.54) is 16.0 Å². The van der Waals surface area contributed by atoms with Crippen LogP contribution in [0.3, 0.4) is 0 Å². The van der Waals surface area contributed by atoms with Crippen LogP contribution in [0.5, 0.6) is 5.75 Å². The van der Waals surface area contributed by atoms with Crippen LogP contribution in [-0.4, -0.2) is 35.7 Å². The number of carbonyl (C=O) groups is 1. The molecule has 2 aromatic carbocycles. The monoisotopic (exact) mass is 461 g/mol. The van der Waals surface area contributed by atoms with Gasteiger partial charge in [0.05, 0.1) is 5.02 Å². The first-order chi connectivity index (χ1) is 14.5. The summed E-state index contributed by atoms with van der Waals surface area (Å²) in [6.45, 7) is 2.51. The van der Waals surface area contributed by atoms with Gasteiger partial charge in [-0.05, 0) is 60.4 Å². The minimum Gasteiger partial charge on any atom is -0.482 e. The lowest BCUT2D eigenvalue weighted by molar-refractivity contribution is -0.139. The molecule has 4 rings (SSSR count). The van der Waals surface area contributed by atoms with Crippen molar-refractivity contribution in [3.63, 3.8) is 0 Å². The first-order valence-electron chi connectivity index (χ1n) is 9.71. The molecular weight excluding hydrogens is 441 g/mol. The van der Waals surface area contributed by atoms with Crippen LogP contribution in [0.4, 0.5) is 0 Å². The Balaban J connectivity index is 1.41. The Hall–Kier alpha value is -2.05. The van der Waals surface area contributed by atoms with Crippen LogP contribution < -0.4 is 4.74 Å². The molecule has 4 nitrogen and oxygen atoms in total. The smallest absolute Gasteiger partial charge is 0.341 e. The van der Waals surface area contributed by atoms with Gasteiger partial charge in [0.2, 0.25) is 0 Å². The lowest BCUT2D eigenvalue weighted by Gasteiger charge is -2.18. The molecule has 3 aromatic rings. The third-order valence-electron chi connectivity index (χ3n) is 5.17. The van der Waals surface area contributed by atoms with Crippen molar-refractivity contribution in [1.29, 1.82) is 0 Å². The van der Waals surface area contributed by atoms with Gasteiger partial charge >= 0.3 is 5.97 Å². The maximum Gasteiger partial charge on any atom is 0.341 e. The molecule has 0 saturated heterocycles. The molecule has 1 N–H and O–H groups in total. The molecule has 1 aliphatic heterocycles. The van der Waals surface area contributed by atoms with Gasteiger partial charge in [0.1, 0.15) is 5.75 Å². The summed E-state index contributed by atoms with van der Waals surface area (Å²) in [5.41, 5.74) is 3.55. The Labute approximate surface area is 189 Å². The van der Waals surface area contributed by atoms with Crippen molar-refractivity contribution >= 4 is 40.5 Å². The third-order valence-corrected chi connectivity index (χ3v) is 6.82. The molecule has 2 heterocycles. The second-order valence-electron chi connectivity index (χ2n) is 7.28. The summed E-state index contributed by atoms with van der Waals surface area (Å²) in [6.07, 6.45) is 1.89. The van der Waals surface area contributed by atoms with Crippen LogP contribution in [-0.2, 0) is 24.2 Å². The predicted octanol–water partition coefficient (Wildman–Crippen LogP) is 5.79. The number of hydrogen-bond donors (Lipinski definition) is 1. The fraction of sp³-hybridized carbons (Fsp3) is 0.261. The summed E-state index contributed by atoms with van der Waals surface area (Å²) in [5, 5.41) is 10.1. The summed E-state index contributed by atoms with van der Waals surface area (Å²) in [5.74, 6) is -0.348. The molecule has 0 spiro atoms. The van der Waals surface area contributed by atoms with Gasteiger partial charge in [0, 0.05) is 40.0 Å². The average molecular weight is 462 g/mol. The Morgan fingerprint density at radius 2 is 1.83 bits per heavy atom. The SMILES string of the molecule is O=C(O)COc1ccc2c(c1)CCN(Cc1ccc(-c3ccc(Cl)cc3Cl)s1)CC2. The fourth-order valence-corrected chi connectivity index (χ4v) is 5.31. The molecule has 0 atom stereocenters. The molecule has 0 aliphatic carbocycles. The number of nitrogens with zero attached hydrogens (tertiary/aromatic N) is 1. The fourth-order valence-electron chi connectivity index (χ4n) is 3.66. The van der Waals surface area contributed by atoms with Gasteiger partial charge < -0.3 is 9.84 Å². The Morgan fingerprint density at radius 1 is 1.03 bits per heavy atom. The van der Waals surface area contributed by atoms with Crippen LogP contribution in [0.25, 0.3) is 10.4 Å². The van der Waals surface area contributed by atoms with Gasteiger partial charge in [0.15, 0.2) is 6.61 Å². The minimum atomic E-state index is -0.966. The summed E-state index contributed by atoms with van der Waals surface area (Å²) in [4.78, 5) is 15.6. The predicted molar refractivity (Wildman–Crippen MR) is 122 cm³/mol. The van der Waals surface area contributed by atoms with E-state index in [9.17, 15) is 4.79 Å². The van der Waals surface area contributed by atoms with E-state index in [4.69, 9.17) is 33.0 Å². The second-order valence-corrected chi connectivity index (χ2v) is 9.29. The summed E-state index contributed by atoms with van der Waals surface area (Å²) in [6, 6.07) is 15.8. The van der Waals surface area contributed by atoms with E-state index >= 15 is 0 Å². The van der Waals surface area contributed by atoms with E-state index in [-0.39, 0.29) is 6.61 Å². The molecule has 0 fully saturated rings. The summed E-state index contributed by atoms with van der Waals surface area (Å²) < 4.78 is 5.33. The van der Waals surface area contributed by atoms with Crippen molar-refractivity contribution < 1.29 is 14.6 Å². The first-order valence-corrected chi connectivity index (χ1v) is 11.3. The molecule has 0 amide bonds. The Morgan fingerprint density at radius 3 is 2.60 bits per heavy atom. The lowest BCUT2D eigenvalue weighted by Crippen LogP contribution is -2.25. The van der Waals surface area contributed by atoms with Crippen LogP contribution in [0, 0.1) is 0 Å². The zero-order valence-electron chi connectivity index (χ0n) is 16.2. The van der Waals surface area contributed by atoms with Crippen LogP contribution in [0.15, 0.2) is 48.5 Å². The van der Waals surface area contributed by atoms with Gasteiger partial charge in [-0.2, -0.15) is 0 Å². The van der Waals surface area contributed by atoms with E-state index in [2.05, 4.69) is 23.1 Å². The van der Waals surface area contributed by atoms with Crippen LogP contribution in [0.1, 0.15) is 16.0 Å². The highest BCUT2D eigenvalue weighted by atomic mass is 35.5. The molecule has 30 heavy (non-hydrogen) atoms. The number of hydrogen-bond acceptors (Lipinski definition) is 4. The average Bonchev–Trinajstić information content (AvgIpc) is 3.07. The number of aliphatic carboxylic acids is 1. The zero-order chi connectivity index (χ0) is 21.1. The molecule has 0 radical (unpaired) electrons. The largest absolute Gasteiger partial charge is 0.482 e. The lowest BCUT2D eigenvalue weighted by atomic mass is 10.0. The van der Waals surface area contributed by atoms with Gasteiger partial charge in [-0.15, -0.1) is 11.3 Å². The van der Waals surface area contributed by atoms with Gasteiger partial charge in [-0.25, -0.2) is 4.79 Å². The molecule has 1 aromatic heterocycles. The van der Waals surface area contributed by atoms with Gasteiger partial charge in [0.25, 0.3) is 0 Å².